The summed E-state index contributed by atoms with van der Waals surface area (Å²) >= 11 is 0. The van der Waals surface area contributed by atoms with Gasteiger partial charge in [-0.25, -0.2) is 0 Å². The average Bonchev–Trinajstić information content (AvgIpc) is 2.36. The summed E-state index contributed by atoms with van der Waals surface area (Å²) in [5, 5.41) is 9.54. The Morgan fingerprint density at radius 2 is 1.95 bits per heavy atom. The summed E-state index contributed by atoms with van der Waals surface area (Å²) < 4.78 is 5.99. The molecule has 1 atom stereocenters. The molecule has 0 spiro atoms. The van der Waals surface area contributed by atoms with E-state index in [1.54, 1.807) is 12.1 Å². The molecule has 1 N–H and O–H groups in total. The molecule has 0 aliphatic heterocycles. The molecule has 3 heteroatoms. The average molecular weight is 265 g/mol. The zero-order valence-corrected chi connectivity index (χ0v) is 12.6. The van der Waals surface area contributed by atoms with Crippen LogP contribution >= 0.6 is 0 Å². The van der Waals surface area contributed by atoms with Crippen LogP contribution in [0.4, 0.5) is 5.69 Å². The third-order valence-electron chi connectivity index (χ3n) is 3.22. The van der Waals surface area contributed by atoms with E-state index >= 15 is 0 Å². The number of unbranched alkanes of at least 4 members (excludes halogenated alkanes) is 3. The lowest BCUT2D eigenvalue weighted by molar-refractivity contribution is 0.207. The van der Waals surface area contributed by atoms with E-state index in [1.165, 1.54) is 25.7 Å². The van der Waals surface area contributed by atoms with E-state index in [0.717, 1.165) is 17.9 Å². The summed E-state index contributed by atoms with van der Waals surface area (Å²) in [5.41, 5.74) is 0.917. The molecule has 1 rings (SSSR count). The molecule has 3 nitrogen and oxygen atoms in total. The Bertz CT molecular complexity index is 377. The minimum atomic E-state index is 0.208. The zero-order valence-electron chi connectivity index (χ0n) is 12.6. The van der Waals surface area contributed by atoms with Crippen molar-refractivity contribution in [3.8, 4) is 11.5 Å². The van der Waals surface area contributed by atoms with Gasteiger partial charge in [0.15, 0.2) is 0 Å². The number of hydrogen-bond donors (Lipinski definition) is 1. The van der Waals surface area contributed by atoms with E-state index in [-0.39, 0.29) is 11.9 Å². The van der Waals surface area contributed by atoms with Crippen LogP contribution in [0.15, 0.2) is 18.2 Å². The topological polar surface area (TPSA) is 32.7 Å². The molecule has 108 valence electrons. The highest BCUT2D eigenvalue weighted by Crippen LogP contribution is 2.31. The number of hydrogen-bond acceptors (Lipinski definition) is 3. The number of phenols is 1. The second kappa shape index (κ2) is 7.93. The molecule has 0 bridgehead atoms. The van der Waals surface area contributed by atoms with Gasteiger partial charge in [0.05, 0.1) is 11.8 Å². The van der Waals surface area contributed by atoms with Crippen molar-refractivity contribution < 1.29 is 9.84 Å². The van der Waals surface area contributed by atoms with Crippen molar-refractivity contribution in [2.45, 2.75) is 52.1 Å². The fourth-order valence-electron chi connectivity index (χ4n) is 2.09. The molecule has 0 saturated heterocycles. The van der Waals surface area contributed by atoms with E-state index in [0.29, 0.717) is 0 Å². The summed E-state index contributed by atoms with van der Waals surface area (Å²) in [5.74, 6) is 1.11. The lowest BCUT2D eigenvalue weighted by Crippen LogP contribution is -2.15. The predicted octanol–water partition coefficient (Wildman–Crippen LogP) is 4.20. The molecular formula is C16H27NO2. The van der Waals surface area contributed by atoms with Gasteiger partial charge in [0.1, 0.15) is 11.5 Å². The van der Waals surface area contributed by atoms with Crippen molar-refractivity contribution in [2.75, 3.05) is 19.0 Å². The number of aromatic hydroxyl groups is 1. The molecule has 0 fully saturated rings. The maximum Gasteiger partial charge on any atom is 0.143 e. The summed E-state index contributed by atoms with van der Waals surface area (Å²) in [7, 11) is 3.90. The van der Waals surface area contributed by atoms with Crippen LogP contribution in [0, 0.1) is 0 Å². The van der Waals surface area contributed by atoms with Gasteiger partial charge in [-0.3, -0.25) is 0 Å². The summed E-state index contributed by atoms with van der Waals surface area (Å²) in [6.07, 6.45) is 6.34. The first kappa shape index (κ1) is 15.7. The summed E-state index contributed by atoms with van der Waals surface area (Å²) in [4.78, 5) is 1.96. The van der Waals surface area contributed by atoms with Gasteiger partial charge < -0.3 is 14.7 Å². The largest absolute Gasteiger partial charge is 0.508 e. The van der Waals surface area contributed by atoms with Crippen LogP contribution in [-0.2, 0) is 0 Å². The number of anilines is 1. The van der Waals surface area contributed by atoms with E-state index in [1.807, 2.05) is 25.1 Å². The molecule has 0 saturated carbocycles. The van der Waals surface area contributed by atoms with Crippen molar-refractivity contribution in [3.63, 3.8) is 0 Å². The van der Waals surface area contributed by atoms with Crippen LogP contribution < -0.4 is 9.64 Å². The van der Waals surface area contributed by atoms with Gasteiger partial charge in [0.25, 0.3) is 0 Å². The van der Waals surface area contributed by atoms with Crippen molar-refractivity contribution in [1.82, 2.24) is 0 Å². The minimum Gasteiger partial charge on any atom is -0.508 e. The molecule has 1 aromatic carbocycles. The highest BCUT2D eigenvalue weighted by molar-refractivity contribution is 5.60. The summed E-state index contributed by atoms with van der Waals surface area (Å²) in [6.45, 7) is 4.33. The molecular weight excluding hydrogens is 238 g/mol. The molecule has 0 radical (unpaired) electrons. The monoisotopic (exact) mass is 265 g/mol. The second-order valence-electron chi connectivity index (χ2n) is 5.32. The zero-order chi connectivity index (χ0) is 14.3. The van der Waals surface area contributed by atoms with E-state index in [2.05, 4.69) is 13.8 Å². The number of ether oxygens (including phenoxy) is 1. The molecule has 19 heavy (non-hydrogen) atoms. The van der Waals surface area contributed by atoms with Crippen LogP contribution in [0.5, 0.6) is 11.5 Å². The Hall–Kier alpha value is -1.38. The van der Waals surface area contributed by atoms with Gasteiger partial charge >= 0.3 is 0 Å². The molecule has 1 aromatic rings. The van der Waals surface area contributed by atoms with Crippen LogP contribution in [0.3, 0.4) is 0 Å². The van der Waals surface area contributed by atoms with E-state index in [4.69, 9.17) is 4.74 Å². The Labute approximate surface area is 117 Å². The lowest BCUT2D eigenvalue weighted by atomic mass is 10.1. The fourth-order valence-corrected chi connectivity index (χ4v) is 2.09. The third-order valence-corrected chi connectivity index (χ3v) is 3.22. The lowest BCUT2D eigenvalue weighted by Gasteiger charge is -2.21. The quantitative estimate of drug-likeness (QED) is 0.715. The third kappa shape index (κ3) is 5.41. The van der Waals surface area contributed by atoms with Gasteiger partial charge in [-0.15, -0.1) is 0 Å². The standard InChI is InChI=1S/C16H27NO2/c1-5-6-7-8-9-13(2)19-16-11-10-14(18)12-15(16)17(3)4/h10-13,18H,5-9H2,1-4H3/t13-/m0/s1. The number of rotatable bonds is 8. The summed E-state index contributed by atoms with van der Waals surface area (Å²) in [6, 6.07) is 5.25. The van der Waals surface area contributed by atoms with Gasteiger partial charge in [0.2, 0.25) is 0 Å². The van der Waals surface area contributed by atoms with Crippen molar-refractivity contribution >= 4 is 5.69 Å². The Morgan fingerprint density at radius 3 is 2.58 bits per heavy atom. The van der Waals surface area contributed by atoms with E-state index < -0.39 is 0 Å². The van der Waals surface area contributed by atoms with Crippen LogP contribution in [-0.4, -0.2) is 25.3 Å². The Morgan fingerprint density at radius 1 is 1.21 bits per heavy atom. The first-order valence-corrected chi connectivity index (χ1v) is 7.21. The first-order chi connectivity index (χ1) is 9.04. The molecule has 0 aliphatic rings. The molecule has 0 aromatic heterocycles. The Balaban J connectivity index is 2.56. The smallest absolute Gasteiger partial charge is 0.143 e. The van der Waals surface area contributed by atoms with Crippen molar-refractivity contribution in [3.05, 3.63) is 18.2 Å². The van der Waals surface area contributed by atoms with E-state index in [9.17, 15) is 5.11 Å². The molecule has 0 aliphatic carbocycles. The highest BCUT2D eigenvalue weighted by atomic mass is 16.5. The Kier molecular flexibility index (Phi) is 6.54. The second-order valence-corrected chi connectivity index (χ2v) is 5.32. The van der Waals surface area contributed by atoms with Gasteiger partial charge in [-0.05, 0) is 31.9 Å². The maximum atomic E-state index is 9.54. The number of nitrogens with zero attached hydrogens (tertiary/aromatic N) is 1. The molecule has 0 unspecified atom stereocenters. The van der Waals surface area contributed by atoms with Crippen LogP contribution in [0.1, 0.15) is 46.0 Å². The van der Waals surface area contributed by atoms with Crippen molar-refractivity contribution in [1.29, 1.82) is 0 Å². The SMILES string of the molecule is CCCCCC[C@H](C)Oc1ccc(O)cc1N(C)C. The maximum absolute atomic E-state index is 9.54. The normalized spacial score (nSPS) is 12.2. The molecule has 0 amide bonds. The van der Waals surface area contributed by atoms with Gasteiger partial charge in [0, 0.05) is 20.2 Å². The predicted molar refractivity (Wildman–Crippen MR) is 81.3 cm³/mol. The first-order valence-electron chi connectivity index (χ1n) is 7.21. The minimum absolute atomic E-state index is 0.208. The van der Waals surface area contributed by atoms with Gasteiger partial charge in [-0.1, -0.05) is 26.2 Å². The van der Waals surface area contributed by atoms with Crippen LogP contribution in [0.25, 0.3) is 0 Å². The van der Waals surface area contributed by atoms with Gasteiger partial charge in [-0.2, -0.15) is 0 Å². The fraction of sp³-hybridized carbons (Fsp3) is 0.625. The highest BCUT2D eigenvalue weighted by Gasteiger charge is 2.10. The number of benzene rings is 1. The number of phenolic OH excluding ortho intramolecular Hbond substituents is 1. The van der Waals surface area contributed by atoms with Crippen LogP contribution in [0.2, 0.25) is 0 Å². The molecule has 0 heterocycles. The van der Waals surface area contributed by atoms with Crippen molar-refractivity contribution in [2.24, 2.45) is 0 Å².